The van der Waals surface area contributed by atoms with Crippen molar-refractivity contribution in [2.75, 3.05) is 20.2 Å². The highest BCUT2D eigenvalue weighted by Crippen LogP contribution is 2.23. The Bertz CT molecular complexity index is 652. The Labute approximate surface area is 136 Å². The van der Waals surface area contributed by atoms with Crippen LogP contribution in [0.1, 0.15) is 17.5 Å². The fourth-order valence-electron chi connectivity index (χ4n) is 2.22. The van der Waals surface area contributed by atoms with E-state index in [4.69, 9.17) is 21.6 Å². The zero-order valence-electron chi connectivity index (χ0n) is 12.6. The van der Waals surface area contributed by atoms with Crippen LogP contribution in [-0.2, 0) is 6.54 Å². The first kappa shape index (κ1) is 16.4. The second-order valence-corrected chi connectivity index (χ2v) is 5.55. The van der Waals surface area contributed by atoms with Crippen molar-refractivity contribution < 1.29 is 4.74 Å². The van der Waals surface area contributed by atoms with Gasteiger partial charge < -0.3 is 9.64 Å². The Hall–Kier alpha value is -2.02. The summed E-state index contributed by atoms with van der Waals surface area (Å²) in [5, 5.41) is 9.73. The van der Waals surface area contributed by atoms with E-state index < -0.39 is 0 Å². The summed E-state index contributed by atoms with van der Waals surface area (Å²) in [6.07, 6.45) is 0.899. The van der Waals surface area contributed by atoms with E-state index in [0.717, 1.165) is 36.4 Å². The molecule has 3 nitrogen and oxygen atoms in total. The maximum Gasteiger partial charge on any atom is 0.137 e. The molecule has 22 heavy (non-hydrogen) atoms. The summed E-state index contributed by atoms with van der Waals surface area (Å²) in [5.74, 6) is 0.724. The van der Waals surface area contributed by atoms with Crippen molar-refractivity contribution in [3.05, 3.63) is 64.7 Å². The molecule has 0 aromatic heterocycles. The first-order valence-corrected chi connectivity index (χ1v) is 7.62. The van der Waals surface area contributed by atoms with Gasteiger partial charge in [0.25, 0.3) is 0 Å². The second kappa shape index (κ2) is 8.43. The highest BCUT2D eigenvalue weighted by molar-refractivity contribution is 6.32. The van der Waals surface area contributed by atoms with Crippen LogP contribution in [0.5, 0.6) is 5.75 Å². The Morgan fingerprint density at radius 1 is 1.14 bits per heavy atom. The Morgan fingerprint density at radius 3 is 2.64 bits per heavy atom. The highest BCUT2D eigenvalue weighted by Gasteiger charge is 2.05. The van der Waals surface area contributed by atoms with Crippen molar-refractivity contribution in [1.82, 2.24) is 4.90 Å². The number of hydrogen-bond acceptors (Lipinski definition) is 3. The van der Waals surface area contributed by atoms with E-state index in [-0.39, 0.29) is 0 Å². The third-order valence-corrected chi connectivity index (χ3v) is 3.67. The van der Waals surface area contributed by atoms with Crippen molar-refractivity contribution in [2.24, 2.45) is 0 Å². The van der Waals surface area contributed by atoms with Crippen molar-refractivity contribution in [2.45, 2.75) is 13.0 Å². The topological polar surface area (TPSA) is 36.3 Å². The average Bonchev–Trinajstić information content (AvgIpc) is 2.53. The highest BCUT2D eigenvalue weighted by atomic mass is 35.5. The lowest BCUT2D eigenvalue weighted by Crippen LogP contribution is -2.21. The molecule has 0 saturated heterocycles. The Kier molecular flexibility index (Phi) is 6.27. The van der Waals surface area contributed by atoms with Gasteiger partial charge in [0.05, 0.1) is 23.3 Å². The van der Waals surface area contributed by atoms with Crippen LogP contribution in [0.15, 0.2) is 48.5 Å². The number of ether oxygens (including phenoxy) is 1. The molecule has 0 aliphatic heterocycles. The lowest BCUT2D eigenvalue weighted by molar-refractivity contribution is 0.259. The van der Waals surface area contributed by atoms with Gasteiger partial charge in [0.15, 0.2) is 0 Å². The second-order valence-electron chi connectivity index (χ2n) is 5.14. The van der Waals surface area contributed by atoms with Crippen LogP contribution in [0.4, 0.5) is 0 Å². The van der Waals surface area contributed by atoms with Gasteiger partial charge in [0.2, 0.25) is 0 Å². The zero-order valence-corrected chi connectivity index (χ0v) is 13.4. The van der Waals surface area contributed by atoms with Gasteiger partial charge in [-0.15, -0.1) is 0 Å². The van der Waals surface area contributed by atoms with Gasteiger partial charge in [-0.2, -0.15) is 5.26 Å². The van der Waals surface area contributed by atoms with Crippen molar-refractivity contribution >= 4 is 11.6 Å². The quantitative estimate of drug-likeness (QED) is 0.721. The predicted octanol–water partition coefficient (Wildman–Crippen LogP) is 4.11. The van der Waals surface area contributed by atoms with Gasteiger partial charge in [-0.3, -0.25) is 0 Å². The molecule has 0 fully saturated rings. The van der Waals surface area contributed by atoms with E-state index in [2.05, 4.69) is 11.0 Å². The van der Waals surface area contributed by atoms with Crippen molar-refractivity contribution in [3.63, 3.8) is 0 Å². The molecule has 0 saturated carbocycles. The summed E-state index contributed by atoms with van der Waals surface area (Å²) >= 11 is 6.04. The minimum atomic E-state index is 0.619. The van der Waals surface area contributed by atoms with Crippen LogP contribution in [0.3, 0.4) is 0 Å². The molecule has 0 aliphatic rings. The van der Waals surface area contributed by atoms with Gasteiger partial charge in [0, 0.05) is 13.1 Å². The molecule has 0 aliphatic carbocycles. The summed E-state index contributed by atoms with van der Waals surface area (Å²) in [6.45, 7) is 2.27. The molecule has 2 aromatic rings. The number of nitrogens with zero attached hydrogens (tertiary/aromatic N) is 2. The first-order chi connectivity index (χ1) is 10.7. The third-order valence-electron chi connectivity index (χ3n) is 3.36. The fourth-order valence-corrected chi connectivity index (χ4v) is 2.41. The normalized spacial score (nSPS) is 10.5. The maximum atomic E-state index is 9.10. The summed E-state index contributed by atoms with van der Waals surface area (Å²) in [6, 6.07) is 17.4. The van der Waals surface area contributed by atoms with Crippen LogP contribution >= 0.6 is 11.6 Å². The first-order valence-electron chi connectivity index (χ1n) is 7.24. The minimum absolute atomic E-state index is 0.619. The summed E-state index contributed by atoms with van der Waals surface area (Å²) in [4.78, 5) is 2.19. The van der Waals surface area contributed by atoms with E-state index >= 15 is 0 Å². The zero-order chi connectivity index (χ0) is 15.8. The van der Waals surface area contributed by atoms with Gasteiger partial charge in [0.1, 0.15) is 5.75 Å². The number of rotatable bonds is 7. The maximum absolute atomic E-state index is 9.10. The number of halogens is 1. The molecule has 0 bridgehead atoms. The summed E-state index contributed by atoms with van der Waals surface area (Å²) < 4.78 is 5.67. The largest absolute Gasteiger partial charge is 0.492 e. The molecular formula is C18H19ClN2O. The van der Waals surface area contributed by atoms with Crippen LogP contribution < -0.4 is 4.74 Å². The van der Waals surface area contributed by atoms with Crippen LogP contribution in [0, 0.1) is 11.3 Å². The minimum Gasteiger partial charge on any atom is -0.492 e. The molecule has 114 valence electrons. The average molecular weight is 315 g/mol. The summed E-state index contributed by atoms with van der Waals surface area (Å²) in [7, 11) is 2.05. The lowest BCUT2D eigenvalue weighted by Gasteiger charge is -2.17. The standard InChI is InChI=1S/C18H19ClN2O/c1-21(14-16-8-3-2-7-15(16)13-20)11-6-12-22-18-10-5-4-9-17(18)19/h2-5,7-10H,6,11-12,14H2,1H3. The SMILES string of the molecule is CN(CCCOc1ccccc1Cl)Cc1ccccc1C#N. The smallest absolute Gasteiger partial charge is 0.137 e. The number of benzene rings is 2. The lowest BCUT2D eigenvalue weighted by atomic mass is 10.1. The monoisotopic (exact) mass is 314 g/mol. The van der Waals surface area contributed by atoms with E-state index in [1.807, 2.05) is 55.6 Å². The van der Waals surface area contributed by atoms with E-state index in [1.165, 1.54) is 0 Å². The number of nitriles is 1. The Morgan fingerprint density at radius 2 is 1.86 bits per heavy atom. The molecule has 0 spiro atoms. The molecule has 4 heteroatoms. The molecule has 0 heterocycles. The third kappa shape index (κ3) is 4.77. The molecule has 0 atom stereocenters. The van der Waals surface area contributed by atoms with Crippen molar-refractivity contribution in [1.29, 1.82) is 5.26 Å². The van der Waals surface area contributed by atoms with Crippen molar-refractivity contribution in [3.8, 4) is 11.8 Å². The molecule has 2 aromatic carbocycles. The predicted molar refractivity (Wildman–Crippen MR) is 89.1 cm³/mol. The molecular weight excluding hydrogens is 296 g/mol. The molecule has 0 N–H and O–H groups in total. The van der Waals surface area contributed by atoms with Gasteiger partial charge in [-0.1, -0.05) is 41.9 Å². The van der Waals surface area contributed by atoms with Crippen LogP contribution in [0.2, 0.25) is 5.02 Å². The fraction of sp³-hybridized carbons (Fsp3) is 0.278. The molecule has 0 amide bonds. The van der Waals surface area contributed by atoms with Gasteiger partial charge in [-0.25, -0.2) is 0 Å². The molecule has 0 unspecified atom stereocenters. The van der Waals surface area contributed by atoms with Crippen LogP contribution in [0.25, 0.3) is 0 Å². The van der Waals surface area contributed by atoms with E-state index in [1.54, 1.807) is 0 Å². The van der Waals surface area contributed by atoms with Crippen LogP contribution in [-0.4, -0.2) is 25.1 Å². The van der Waals surface area contributed by atoms with Gasteiger partial charge >= 0.3 is 0 Å². The number of hydrogen-bond donors (Lipinski definition) is 0. The van der Waals surface area contributed by atoms with E-state index in [9.17, 15) is 0 Å². The Balaban J connectivity index is 1.75. The molecule has 0 radical (unpaired) electrons. The summed E-state index contributed by atoms with van der Waals surface area (Å²) in [5.41, 5.74) is 1.79. The molecule has 2 rings (SSSR count). The van der Waals surface area contributed by atoms with E-state index in [0.29, 0.717) is 11.6 Å². The van der Waals surface area contributed by atoms with Gasteiger partial charge in [-0.05, 0) is 37.2 Å². The number of para-hydroxylation sites is 1.